The highest BCUT2D eigenvalue weighted by molar-refractivity contribution is 9.10. The van der Waals surface area contributed by atoms with Crippen LogP contribution >= 0.6 is 15.9 Å². The lowest BCUT2D eigenvalue weighted by atomic mass is 9.86. The quantitative estimate of drug-likeness (QED) is 0.885. The molecule has 6 heteroatoms. The molecular weight excluding hydrogens is 356 g/mol. The maximum Gasteiger partial charge on any atom is 0.224 e. The molecule has 0 spiro atoms. The van der Waals surface area contributed by atoms with Crippen LogP contribution in [0.4, 0.5) is 5.69 Å². The summed E-state index contributed by atoms with van der Waals surface area (Å²) in [7, 11) is 0. The van der Waals surface area contributed by atoms with E-state index in [0.29, 0.717) is 12.3 Å². The van der Waals surface area contributed by atoms with Gasteiger partial charge >= 0.3 is 0 Å². The van der Waals surface area contributed by atoms with Gasteiger partial charge in [0, 0.05) is 10.9 Å². The highest BCUT2D eigenvalue weighted by atomic mass is 79.9. The van der Waals surface area contributed by atoms with Gasteiger partial charge in [0.05, 0.1) is 11.4 Å². The topological polar surface area (TPSA) is 59.8 Å². The average molecular weight is 375 g/mol. The number of hydrogen-bond acceptors (Lipinski definition) is 3. The van der Waals surface area contributed by atoms with Crippen LogP contribution in [-0.2, 0) is 4.79 Å². The molecule has 1 aromatic heterocycles. The first-order valence-corrected chi connectivity index (χ1v) is 8.93. The number of nitrogens with zero attached hydrogens (tertiary/aromatic N) is 3. The first kappa shape index (κ1) is 14.9. The van der Waals surface area contributed by atoms with Crippen molar-refractivity contribution in [3.63, 3.8) is 0 Å². The molecule has 2 aromatic rings. The summed E-state index contributed by atoms with van der Waals surface area (Å²) in [5, 5.41) is 7.23. The van der Waals surface area contributed by atoms with Gasteiger partial charge in [0.2, 0.25) is 5.91 Å². The molecule has 1 aromatic carbocycles. The number of benzene rings is 1. The number of fused-ring (bicyclic) bond motifs is 2. The van der Waals surface area contributed by atoms with Gasteiger partial charge in [0.25, 0.3) is 0 Å². The molecule has 3 unspecified atom stereocenters. The van der Waals surface area contributed by atoms with Gasteiger partial charge in [-0.25, -0.2) is 9.67 Å². The minimum absolute atomic E-state index is 0.0991. The van der Waals surface area contributed by atoms with E-state index in [1.54, 1.807) is 11.0 Å². The number of nitrogens with one attached hydrogen (secondary N) is 1. The minimum atomic E-state index is 0.0991. The predicted molar refractivity (Wildman–Crippen MR) is 91.2 cm³/mol. The highest BCUT2D eigenvalue weighted by Crippen LogP contribution is 2.49. The van der Waals surface area contributed by atoms with Gasteiger partial charge in [-0.3, -0.25) is 4.79 Å². The SMILES string of the molecule is O=C(CC1CC2CCC1C2)Nc1cc(Br)ccc1-n1cncn1. The van der Waals surface area contributed by atoms with Crippen molar-refractivity contribution in [2.24, 2.45) is 17.8 Å². The molecule has 23 heavy (non-hydrogen) atoms. The molecule has 0 radical (unpaired) electrons. The molecule has 1 amide bonds. The Bertz CT molecular complexity index is 715. The zero-order chi connectivity index (χ0) is 15.8. The zero-order valence-electron chi connectivity index (χ0n) is 12.8. The summed E-state index contributed by atoms with van der Waals surface area (Å²) in [6.45, 7) is 0. The lowest BCUT2D eigenvalue weighted by Gasteiger charge is -2.21. The molecular formula is C17H19BrN4O. The highest BCUT2D eigenvalue weighted by Gasteiger charge is 2.40. The van der Waals surface area contributed by atoms with Gasteiger partial charge in [0.15, 0.2) is 0 Å². The molecule has 2 aliphatic carbocycles. The van der Waals surface area contributed by atoms with Crippen molar-refractivity contribution in [1.82, 2.24) is 14.8 Å². The van der Waals surface area contributed by atoms with Crippen LogP contribution in [0.3, 0.4) is 0 Å². The van der Waals surface area contributed by atoms with E-state index in [0.717, 1.165) is 27.7 Å². The number of carbonyl (C=O) groups is 1. The molecule has 2 aliphatic rings. The van der Waals surface area contributed by atoms with Gasteiger partial charge < -0.3 is 5.32 Å². The molecule has 0 saturated heterocycles. The van der Waals surface area contributed by atoms with E-state index in [4.69, 9.17) is 0 Å². The van der Waals surface area contributed by atoms with Crippen molar-refractivity contribution >= 4 is 27.5 Å². The third kappa shape index (κ3) is 3.04. The summed E-state index contributed by atoms with van der Waals surface area (Å²) >= 11 is 3.47. The largest absolute Gasteiger partial charge is 0.324 e. The van der Waals surface area contributed by atoms with Crippen molar-refractivity contribution < 1.29 is 4.79 Å². The Morgan fingerprint density at radius 2 is 2.26 bits per heavy atom. The van der Waals surface area contributed by atoms with Crippen molar-refractivity contribution in [2.45, 2.75) is 32.1 Å². The van der Waals surface area contributed by atoms with E-state index in [9.17, 15) is 4.79 Å². The second-order valence-corrected chi connectivity index (χ2v) is 7.60. The Kier molecular flexibility index (Phi) is 3.93. The molecule has 5 nitrogen and oxygen atoms in total. The lowest BCUT2D eigenvalue weighted by Crippen LogP contribution is -2.21. The van der Waals surface area contributed by atoms with E-state index in [1.165, 1.54) is 32.0 Å². The molecule has 2 bridgehead atoms. The molecule has 1 heterocycles. The van der Waals surface area contributed by atoms with E-state index in [1.807, 2.05) is 18.2 Å². The number of amides is 1. The van der Waals surface area contributed by atoms with E-state index >= 15 is 0 Å². The van der Waals surface area contributed by atoms with Crippen LogP contribution in [0.15, 0.2) is 35.3 Å². The van der Waals surface area contributed by atoms with Crippen molar-refractivity contribution in [3.05, 3.63) is 35.3 Å². The summed E-state index contributed by atoms with van der Waals surface area (Å²) in [4.78, 5) is 16.5. The van der Waals surface area contributed by atoms with Gasteiger partial charge in [-0.05, 0) is 55.2 Å². The fraction of sp³-hybridized carbons (Fsp3) is 0.471. The third-order valence-corrected chi connectivity index (χ3v) is 5.72. The van der Waals surface area contributed by atoms with Crippen molar-refractivity contribution in [2.75, 3.05) is 5.32 Å². The fourth-order valence-corrected chi connectivity index (χ4v) is 4.57. The number of anilines is 1. The summed E-state index contributed by atoms with van der Waals surface area (Å²) in [6, 6.07) is 5.77. The fourth-order valence-electron chi connectivity index (χ4n) is 4.21. The van der Waals surface area contributed by atoms with Crippen LogP contribution in [0.25, 0.3) is 5.69 Å². The van der Waals surface area contributed by atoms with Gasteiger partial charge in [-0.15, -0.1) is 0 Å². The Morgan fingerprint density at radius 3 is 2.96 bits per heavy atom. The van der Waals surface area contributed by atoms with Crippen LogP contribution in [0.1, 0.15) is 32.1 Å². The molecule has 1 N–H and O–H groups in total. The number of halogens is 1. The van der Waals surface area contributed by atoms with Crippen LogP contribution < -0.4 is 5.32 Å². The summed E-state index contributed by atoms with van der Waals surface area (Å²) in [6.07, 6.45) is 8.99. The molecule has 0 aliphatic heterocycles. The maximum absolute atomic E-state index is 12.5. The molecule has 3 atom stereocenters. The first-order valence-electron chi connectivity index (χ1n) is 8.13. The second-order valence-electron chi connectivity index (χ2n) is 6.69. The standard InChI is InChI=1S/C17H19BrN4O/c18-14-3-4-16(22-10-19-9-20-22)15(8-14)21-17(23)7-13-6-11-1-2-12(13)5-11/h3-4,8-13H,1-2,5-7H2,(H,21,23). The Balaban J connectivity index is 1.49. The minimum Gasteiger partial charge on any atom is -0.324 e. The number of carbonyl (C=O) groups excluding carboxylic acids is 1. The van der Waals surface area contributed by atoms with E-state index in [2.05, 4.69) is 31.3 Å². The summed E-state index contributed by atoms with van der Waals surface area (Å²) < 4.78 is 2.59. The lowest BCUT2D eigenvalue weighted by molar-refractivity contribution is -0.117. The predicted octanol–water partition coefficient (Wildman–Crippen LogP) is 3.79. The normalized spacial score (nSPS) is 25.7. The Labute approximate surface area is 143 Å². The molecule has 2 saturated carbocycles. The van der Waals surface area contributed by atoms with E-state index in [-0.39, 0.29) is 5.91 Å². The first-order chi connectivity index (χ1) is 11.2. The molecule has 2 fully saturated rings. The van der Waals surface area contributed by atoms with Crippen molar-refractivity contribution in [1.29, 1.82) is 0 Å². The molecule has 120 valence electrons. The smallest absolute Gasteiger partial charge is 0.224 e. The van der Waals surface area contributed by atoms with Crippen LogP contribution in [-0.4, -0.2) is 20.7 Å². The molecule has 4 rings (SSSR count). The summed E-state index contributed by atoms with van der Waals surface area (Å²) in [5.74, 6) is 2.30. The van der Waals surface area contributed by atoms with Crippen molar-refractivity contribution in [3.8, 4) is 5.69 Å². The number of hydrogen-bond donors (Lipinski definition) is 1. The monoisotopic (exact) mass is 374 g/mol. The summed E-state index contributed by atoms with van der Waals surface area (Å²) in [5.41, 5.74) is 1.59. The number of aromatic nitrogens is 3. The third-order valence-electron chi connectivity index (χ3n) is 5.23. The van der Waals surface area contributed by atoms with Crippen LogP contribution in [0.5, 0.6) is 0 Å². The van der Waals surface area contributed by atoms with Gasteiger partial charge in [-0.2, -0.15) is 5.10 Å². The van der Waals surface area contributed by atoms with E-state index < -0.39 is 0 Å². The maximum atomic E-state index is 12.5. The van der Waals surface area contributed by atoms with Gasteiger partial charge in [-0.1, -0.05) is 22.4 Å². The zero-order valence-corrected chi connectivity index (χ0v) is 14.4. The number of rotatable bonds is 4. The Morgan fingerprint density at radius 1 is 1.35 bits per heavy atom. The van der Waals surface area contributed by atoms with Gasteiger partial charge in [0.1, 0.15) is 12.7 Å². The average Bonchev–Trinajstić information content (AvgIpc) is 3.25. The van der Waals surface area contributed by atoms with Crippen LogP contribution in [0, 0.1) is 17.8 Å². The van der Waals surface area contributed by atoms with Crippen LogP contribution in [0.2, 0.25) is 0 Å². The Hall–Kier alpha value is -1.69. The second kappa shape index (κ2) is 6.07.